The highest BCUT2D eigenvalue weighted by Crippen LogP contribution is 2.07. The number of carbonyl (C=O) groups is 2. The maximum atomic E-state index is 11.4. The van der Waals surface area contributed by atoms with Crippen LogP contribution in [0.5, 0.6) is 0 Å². The first-order valence-electron chi connectivity index (χ1n) is 5.90. The lowest BCUT2D eigenvalue weighted by Crippen LogP contribution is -2.35. The molecule has 1 aromatic rings. The first-order valence-corrected chi connectivity index (χ1v) is 6.78. The van der Waals surface area contributed by atoms with Crippen molar-refractivity contribution in [2.45, 2.75) is 19.3 Å². The highest BCUT2D eigenvalue weighted by atomic mass is 32.1. The number of hydrogen-bond acceptors (Lipinski definition) is 4. The molecule has 3 N–H and O–H groups in total. The average molecular weight is 270 g/mol. The summed E-state index contributed by atoms with van der Waals surface area (Å²) in [5.74, 6) is -0.862. The molecule has 0 atom stereocenters. The zero-order valence-corrected chi connectivity index (χ0v) is 11.0. The number of hydrogen-bond donors (Lipinski definition) is 3. The van der Waals surface area contributed by atoms with Crippen molar-refractivity contribution < 1.29 is 14.7 Å². The molecule has 100 valence electrons. The first kappa shape index (κ1) is 14.7. The standard InChI is InChI=1S/C12H18N2O3S/c15-11(9-13-6-1-4-12(16)17)14-7-5-10-3-2-8-18-10/h2-3,8,13H,1,4-7,9H2,(H,14,15)(H,16,17). The van der Waals surface area contributed by atoms with Gasteiger partial charge in [-0.2, -0.15) is 0 Å². The fourth-order valence-corrected chi connectivity index (χ4v) is 2.12. The van der Waals surface area contributed by atoms with E-state index in [-0.39, 0.29) is 18.9 Å². The molecule has 1 amide bonds. The molecular weight excluding hydrogens is 252 g/mol. The minimum atomic E-state index is -0.808. The predicted molar refractivity (Wildman–Crippen MR) is 70.8 cm³/mol. The van der Waals surface area contributed by atoms with E-state index >= 15 is 0 Å². The number of thiophene rings is 1. The van der Waals surface area contributed by atoms with E-state index in [2.05, 4.69) is 10.6 Å². The van der Waals surface area contributed by atoms with Gasteiger partial charge >= 0.3 is 5.97 Å². The van der Waals surface area contributed by atoms with Crippen LogP contribution in [0.25, 0.3) is 0 Å². The van der Waals surface area contributed by atoms with Crippen LogP contribution >= 0.6 is 11.3 Å². The Balaban J connectivity index is 1.95. The van der Waals surface area contributed by atoms with Gasteiger partial charge in [-0.3, -0.25) is 9.59 Å². The molecule has 18 heavy (non-hydrogen) atoms. The van der Waals surface area contributed by atoms with Crippen molar-refractivity contribution in [1.29, 1.82) is 0 Å². The average Bonchev–Trinajstić information content (AvgIpc) is 2.81. The number of carboxylic acids is 1. The summed E-state index contributed by atoms with van der Waals surface area (Å²) >= 11 is 1.68. The van der Waals surface area contributed by atoms with Crippen molar-refractivity contribution in [2.75, 3.05) is 19.6 Å². The van der Waals surface area contributed by atoms with Gasteiger partial charge in [0.05, 0.1) is 6.54 Å². The summed E-state index contributed by atoms with van der Waals surface area (Å²) in [5, 5.41) is 16.2. The number of rotatable bonds is 9. The van der Waals surface area contributed by atoms with E-state index < -0.39 is 5.97 Å². The molecule has 0 radical (unpaired) electrons. The Hall–Kier alpha value is -1.40. The quantitative estimate of drug-likeness (QED) is 0.582. The van der Waals surface area contributed by atoms with Crippen molar-refractivity contribution in [3.8, 4) is 0 Å². The van der Waals surface area contributed by atoms with Gasteiger partial charge in [-0.1, -0.05) is 6.07 Å². The summed E-state index contributed by atoms with van der Waals surface area (Å²) in [5.41, 5.74) is 0. The minimum Gasteiger partial charge on any atom is -0.481 e. The third-order valence-electron chi connectivity index (χ3n) is 2.30. The van der Waals surface area contributed by atoms with E-state index in [4.69, 9.17) is 5.11 Å². The van der Waals surface area contributed by atoms with Crippen LogP contribution in [0.15, 0.2) is 17.5 Å². The Morgan fingerprint density at radius 2 is 2.17 bits per heavy atom. The van der Waals surface area contributed by atoms with Crippen LogP contribution in [-0.4, -0.2) is 36.6 Å². The van der Waals surface area contributed by atoms with Crippen molar-refractivity contribution in [3.63, 3.8) is 0 Å². The zero-order valence-electron chi connectivity index (χ0n) is 10.1. The Labute approximate surface area is 110 Å². The highest BCUT2D eigenvalue weighted by molar-refractivity contribution is 7.09. The second-order valence-electron chi connectivity index (χ2n) is 3.85. The molecule has 0 aliphatic heterocycles. The maximum absolute atomic E-state index is 11.4. The Morgan fingerprint density at radius 1 is 1.33 bits per heavy atom. The van der Waals surface area contributed by atoms with E-state index in [1.54, 1.807) is 11.3 Å². The SMILES string of the molecule is O=C(O)CCCNCC(=O)NCCc1cccs1. The van der Waals surface area contributed by atoms with Gasteiger partial charge in [0, 0.05) is 17.8 Å². The smallest absolute Gasteiger partial charge is 0.303 e. The number of amides is 1. The van der Waals surface area contributed by atoms with Crippen LogP contribution in [0.3, 0.4) is 0 Å². The topological polar surface area (TPSA) is 78.4 Å². The molecular formula is C12H18N2O3S. The molecule has 1 aromatic heterocycles. The lowest BCUT2D eigenvalue weighted by Gasteiger charge is -2.05. The molecule has 6 heteroatoms. The van der Waals surface area contributed by atoms with E-state index in [0.29, 0.717) is 19.5 Å². The van der Waals surface area contributed by atoms with Gasteiger partial charge in [0.25, 0.3) is 0 Å². The van der Waals surface area contributed by atoms with Crippen molar-refractivity contribution in [1.82, 2.24) is 10.6 Å². The maximum Gasteiger partial charge on any atom is 0.303 e. The van der Waals surface area contributed by atoms with E-state index in [1.165, 1.54) is 4.88 Å². The molecule has 0 spiro atoms. The third kappa shape index (κ3) is 7.03. The number of carbonyl (C=O) groups excluding carboxylic acids is 1. The van der Waals surface area contributed by atoms with Crippen LogP contribution < -0.4 is 10.6 Å². The molecule has 0 aromatic carbocycles. The molecule has 0 saturated carbocycles. The third-order valence-corrected chi connectivity index (χ3v) is 3.24. The molecule has 0 aliphatic carbocycles. The Kier molecular flexibility index (Phi) is 7.05. The molecule has 1 rings (SSSR count). The summed E-state index contributed by atoms with van der Waals surface area (Å²) < 4.78 is 0. The lowest BCUT2D eigenvalue weighted by molar-refractivity contribution is -0.137. The normalized spacial score (nSPS) is 10.2. The second-order valence-corrected chi connectivity index (χ2v) is 4.89. The van der Waals surface area contributed by atoms with Gasteiger partial charge in [0.2, 0.25) is 5.91 Å². The van der Waals surface area contributed by atoms with Gasteiger partial charge < -0.3 is 15.7 Å². The molecule has 5 nitrogen and oxygen atoms in total. The molecule has 0 unspecified atom stereocenters. The Morgan fingerprint density at radius 3 is 2.83 bits per heavy atom. The summed E-state index contributed by atoms with van der Waals surface area (Å²) in [4.78, 5) is 22.9. The van der Waals surface area contributed by atoms with Crippen molar-refractivity contribution in [2.24, 2.45) is 0 Å². The largest absolute Gasteiger partial charge is 0.481 e. The minimum absolute atomic E-state index is 0.0538. The molecule has 0 saturated heterocycles. The fraction of sp³-hybridized carbons (Fsp3) is 0.500. The van der Waals surface area contributed by atoms with Gasteiger partial charge in [0.15, 0.2) is 0 Å². The number of nitrogens with one attached hydrogen (secondary N) is 2. The van der Waals surface area contributed by atoms with Crippen LogP contribution in [0.1, 0.15) is 17.7 Å². The van der Waals surface area contributed by atoms with Gasteiger partial charge in [-0.15, -0.1) is 11.3 Å². The lowest BCUT2D eigenvalue weighted by atomic mass is 10.3. The second kappa shape index (κ2) is 8.66. The molecule has 1 heterocycles. The van der Waals surface area contributed by atoms with Crippen molar-refractivity contribution in [3.05, 3.63) is 22.4 Å². The summed E-state index contributed by atoms with van der Waals surface area (Å²) in [6, 6.07) is 4.03. The van der Waals surface area contributed by atoms with Crippen LogP contribution in [0.4, 0.5) is 0 Å². The zero-order chi connectivity index (χ0) is 13.2. The van der Waals surface area contributed by atoms with E-state index in [0.717, 1.165) is 6.42 Å². The van der Waals surface area contributed by atoms with Gasteiger partial charge in [0.1, 0.15) is 0 Å². The van der Waals surface area contributed by atoms with Gasteiger partial charge in [-0.05, 0) is 30.8 Å². The number of aliphatic carboxylic acids is 1. The molecule has 0 bridgehead atoms. The van der Waals surface area contributed by atoms with Crippen LogP contribution in [-0.2, 0) is 16.0 Å². The summed E-state index contributed by atoms with van der Waals surface area (Å²) in [7, 11) is 0. The predicted octanol–water partition coefficient (Wildman–Crippen LogP) is 0.861. The van der Waals surface area contributed by atoms with E-state index in [9.17, 15) is 9.59 Å². The van der Waals surface area contributed by atoms with E-state index in [1.807, 2.05) is 17.5 Å². The summed E-state index contributed by atoms with van der Waals surface area (Å²) in [6.07, 6.45) is 1.52. The number of carboxylic acid groups (broad SMARTS) is 1. The van der Waals surface area contributed by atoms with Gasteiger partial charge in [-0.25, -0.2) is 0 Å². The fourth-order valence-electron chi connectivity index (χ4n) is 1.41. The summed E-state index contributed by atoms with van der Waals surface area (Å²) in [6.45, 7) is 1.42. The molecule has 0 aliphatic rings. The van der Waals surface area contributed by atoms with Crippen molar-refractivity contribution >= 4 is 23.2 Å². The van der Waals surface area contributed by atoms with Crippen LogP contribution in [0.2, 0.25) is 0 Å². The molecule has 0 fully saturated rings. The first-order chi connectivity index (χ1) is 8.68. The van der Waals surface area contributed by atoms with Crippen LogP contribution in [0, 0.1) is 0 Å². The Bertz CT molecular complexity index is 365. The monoisotopic (exact) mass is 270 g/mol. The highest BCUT2D eigenvalue weighted by Gasteiger charge is 2.01.